The molecule has 4 saturated carbocycles. The number of imide groups is 1. The highest BCUT2D eigenvalue weighted by molar-refractivity contribution is 5.97. The van der Waals surface area contributed by atoms with Gasteiger partial charge in [-0.1, -0.05) is 0 Å². The third-order valence-corrected chi connectivity index (χ3v) is 7.19. The smallest absolute Gasteiger partial charge is 0.329 e. The number of hydrogen-bond donors (Lipinski definition) is 2. The van der Waals surface area contributed by atoms with Gasteiger partial charge >= 0.3 is 12.0 Å². The molecule has 4 bridgehead atoms. The van der Waals surface area contributed by atoms with Crippen molar-refractivity contribution in [2.75, 3.05) is 6.54 Å². The van der Waals surface area contributed by atoms with E-state index in [1.165, 1.54) is 26.2 Å². The highest BCUT2D eigenvalue weighted by Crippen LogP contribution is 2.60. The Balaban J connectivity index is 1.43. The maximum atomic E-state index is 13.6. The Hall–Kier alpha value is -2.12. The molecule has 5 rings (SSSR count). The second-order valence-electron chi connectivity index (χ2n) is 9.29. The van der Waals surface area contributed by atoms with Crippen LogP contribution in [-0.4, -0.2) is 47.4 Å². The van der Waals surface area contributed by atoms with Gasteiger partial charge in [0.05, 0.1) is 5.41 Å². The molecular formula is C20H29N3O5. The monoisotopic (exact) mass is 391 g/mol. The highest BCUT2D eigenvalue weighted by atomic mass is 16.5. The topological polar surface area (TPSA) is 119 Å². The molecule has 28 heavy (non-hydrogen) atoms. The lowest BCUT2D eigenvalue weighted by molar-refractivity contribution is -0.168. The van der Waals surface area contributed by atoms with E-state index in [0.717, 1.165) is 25.7 Å². The molecule has 0 radical (unpaired) electrons. The predicted octanol–water partition coefficient (Wildman–Crippen LogP) is 1.32. The fourth-order valence-corrected chi connectivity index (χ4v) is 6.46. The van der Waals surface area contributed by atoms with E-state index >= 15 is 0 Å². The van der Waals surface area contributed by atoms with Gasteiger partial charge in [-0.05, 0) is 76.0 Å². The number of urea groups is 1. The molecule has 8 heteroatoms. The fourth-order valence-electron chi connectivity index (χ4n) is 6.46. The van der Waals surface area contributed by atoms with E-state index in [1.54, 1.807) is 4.90 Å². The van der Waals surface area contributed by atoms with E-state index in [4.69, 9.17) is 10.5 Å². The molecule has 5 fully saturated rings. The average molecular weight is 391 g/mol. The molecule has 0 aromatic rings. The van der Waals surface area contributed by atoms with Gasteiger partial charge in [-0.2, -0.15) is 0 Å². The van der Waals surface area contributed by atoms with E-state index in [9.17, 15) is 19.2 Å². The molecule has 4 amide bonds. The zero-order valence-electron chi connectivity index (χ0n) is 16.3. The van der Waals surface area contributed by atoms with Crippen LogP contribution in [0.25, 0.3) is 0 Å². The van der Waals surface area contributed by atoms with Crippen LogP contribution < -0.4 is 11.1 Å². The van der Waals surface area contributed by atoms with Gasteiger partial charge < -0.3 is 15.4 Å². The van der Waals surface area contributed by atoms with E-state index in [1.807, 2.05) is 5.32 Å². The Bertz CT molecular complexity index is 671. The van der Waals surface area contributed by atoms with Crippen molar-refractivity contribution in [3.8, 4) is 0 Å². The van der Waals surface area contributed by atoms with Crippen molar-refractivity contribution < 1.29 is 23.9 Å². The van der Waals surface area contributed by atoms with Crippen molar-refractivity contribution in [2.45, 2.75) is 70.4 Å². The molecule has 0 spiro atoms. The number of esters is 1. The predicted molar refractivity (Wildman–Crippen MR) is 98.6 cm³/mol. The summed E-state index contributed by atoms with van der Waals surface area (Å²) < 4.78 is 5.24. The minimum Gasteiger partial charge on any atom is -0.451 e. The number of likely N-dealkylation sites (tertiary alicyclic amines) is 1. The molecule has 1 saturated heterocycles. The van der Waals surface area contributed by atoms with Crippen LogP contribution in [0.2, 0.25) is 0 Å². The molecule has 8 nitrogen and oxygen atoms in total. The molecule has 1 heterocycles. The van der Waals surface area contributed by atoms with Crippen LogP contribution in [-0.2, 0) is 19.1 Å². The maximum absolute atomic E-state index is 13.6. The van der Waals surface area contributed by atoms with E-state index in [2.05, 4.69) is 0 Å². The number of nitrogens with one attached hydrogen (secondary N) is 1. The van der Waals surface area contributed by atoms with Crippen molar-refractivity contribution in [2.24, 2.45) is 28.9 Å². The van der Waals surface area contributed by atoms with Gasteiger partial charge in [0.1, 0.15) is 6.04 Å². The first kappa shape index (κ1) is 19.2. The van der Waals surface area contributed by atoms with Crippen LogP contribution in [0.15, 0.2) is 0 Å². The summed E-state index contributed by atoms with van der Waals surface area (Å²) >= 11 is 0. The number of carbonyl (C=O) groups excluding carboxylic acids is 4. The third kappa shape index (κ3) is 3.37. The summed E-state index contributed by atoms with van der Waals surface area (Å²) in [4.78, 5) is 50.5. The number of hydrogen-bond acceptors (Lipinski definition) is 5. The largest absolute Gasteiger partial charge is 0.451 e. The van der Waals surface area contributed by atoms with Crippen LogP contribution >= 0.6 is 0 Å². The maximum Gasteiger partial charge on any atom is 0.329 e. The molecule has 1 aliphatic heterocycles. The first-order valence-corrected chi connectivity index (χ1v) is 10.4. The van der Waals surface area contributed by atoms with Crippen LogP contribution in [0.4, 0.5) is 4.79 Å². The fraction of sp³-hybridized carbons (Fsp3) is 0.800. The first-order valence-electron chi connectivity index (χ1n) is 10.4. The standard InChI is InChI=1S/C20H29N3O5/c1-11(16(24)22-19(21)27)28-17(25)15-3-2-4-23(15)18(26)20-8-12-5-13(9-20)7-14(6-12)10-20/h11-15H,2-10H2,1H3,(H3,21,22,24,27). The Kier molecular flexibility index (Phi) is 4.83. The minimum atomic E-state index is -1.14. The number of rotatable bonds is 4. The lowest BCUT2D eigenvalue weighted by atomic mass is 9.49. The molecule has 2 unspecified atom stereocenters. The van der Waals surface area contributed by atoms with Crippen molar-refractivity contribution in [1.29, 1.82) is 0 Å². The lowest BCUT2D eigenvalue weighted by Crippen LogP contribution is -2.56. The van der Waals surface area contributed by atoms with Crippen molar-refractivity contribution in [3.05, 3.63) is 0 Å². The molecule has 5 aliphatic rings. The van der Waals surface area contributed by atoms with Gasteiger partial charge in [0.2, 0.25) is 5.91 Å². The van der Waals surface area contributed by atoms with Gasteiger partial charge in [0.15, 0.2) is 6.10 Å². The lowest BCUT2D eigenvalue weighted by Gasteiger charge is -2.56. The minimum absolute atomic E-state index is 0.111. The number of amides is 4. The zero-order valence-corrected chi connectivity index (χ0v) is 16.3. The molecule has 154 valence electrons. The summed E-state index contributed by atoms with van der Waals surface area (Å²) in [6.45, 7) is 1.94. The van der Waals surface area contributed by atoms with Gasteiger partial charge in [-0.3, -0.25) is 14.9 Å². The summed E-state index contributed by atoms with van der Waals surface area (Å²) in [5.41, 5.74) is 4.63. The normalized spacial score (nSPS) is 36.8. The molecule has 4 aliphatic carbocycles. The van der Waals surface area contributed by atoms with E-state index in [0.29, 0.717) is 30.7 Å². The van der Waals surface area contributed by atoms with E-state index in [-0.39, 0.29) is 11.3 Å². The number of ether oxygens (including phenoxy) is 1. The van der Waals surface area contributed by atoms with Crippen molar-refractivity contribution >= 4 is 23.8 Å². The highest BCUT2D eigenvalue weighted by Gasteiger charge is 2.57. The second kappa shape index (κ2) is 7.04. The Labute approximate surface area is 164 Å². The molecule has 2 atom stereocenters. The second-order valence-corrected chi connectivity index (χ2v) is 9.29. The summed E-state index contributed by atoms with van der Waals surface area (Å²) in [6, 6.07) is -1.64. The zero-order chi connectivity index (χ0) is 20.1. The van der Waals surface area contributed by atoms with Crippen LogP contribution in [0.5, 0.6) is 0 Å². The van der Waals surface area contributed by atoms with Gasteiger partial charge in [0.25, 0.3) is 5.91 Å². The Morgan fingerprint density at radius 2 is 1.64 bits per heavy atom. The van der Waals surface area contributed by atoms with Gasteiger partial charge in [-0.25, -0.2) is 9.59 Å². The van der Waals surface area contributed by atoms with Crippen molar-refractivity contribution in [1.82, 2.24) is 10.2 Å². The number of nitrogens with zero attached hydrogens (tertiary/aromatic N) is 1. The summed E-state index contributed by atoms with van der Waals surface area (Å²) in [7, 11) is 0. The first-order chi connectivity index (χ1) is 13.3. The van der Waals surface area contributed by atoms with Gasteiger partial charge in [0, 0.05) is 6.54 Å². The Morgan fingerprint density at radius 3 is 2.18 bits per heavy atom. The average Bonchev–Trinajstić information content (AvgIpc) is 3.08. The van der Waals surface area contributed by atoms with E-state index < -0.39 is 30.1 Å². The van der Waals surface area contributed by atoms with Crippen LogP contribution in [0.3, 0.4) is 0 Å². The summed E-state index contributed by atoms with van der Waals surface area (Å²) in [6.07, 6.45) is 6.77. The molecular weight excluding hydrogens is 362 g/mol. The molecule has 0 aromatic heterocycles. The van der Waals surface area contributed by atoms with Gasteiger partial charge in [-0.15, -0.1) is 0 Å². The Morgan fingerprint density at radius 1 is 1.07 bits per heavy atom. The van der Waals surface area contributed by atoms with Crippen LogP contribution in [0, 0.1) is 23.2 Å². The van der Waals surface area contributed by atoms with Crippen LogP contribution in [0.1, 0.15) is 58.3 Å². The summed E-state index contributed by atoms with van der Waals surface area (Å²) in [5, 5.41) is 1.90. The number of carbonyl (C=O) groups is 4. The third-order valence-electron chi connectivity index (χ3n) is 7.19. The summed E-state index contributed by atoms with van der Waals surface area (Å²) in [5.74, 6) is 0.725. The van der Waals surface area contributed by atoms with Crippen molar-refractivity contribution in [3.63, 3.8) is 0 Å². The number of primary amides is 1. The SMILES string of the molecule is CC(OC(=O)C1CCCN1C(=O)C12CC3CC(CC(C3)C1)C2)C(=O)NC(N)=O. The number of nitrogens with two attached hydrogens (primary N) is 1. The quantitative estimate of drug-likeness (QED) is 0.701. The molecule has 3 N–H and O–H groups in total. The molecule has 0 aromatic carbocycles.